The van der Waals surface area contributed by atoms with Gasteiger partial charge < -0.3 is 0 Å². The summed E-state index contributed by atoms with van der Waals surface area (Å²) in [5, 5.41) is 0. The van der Waals surface area contributed by atoms with Gasteiger partial charge in [0.1, 0.15) is 4.60 Å². The van der Waals surface area contributed by atoms with Crippen LogP contribution in [0.25, 0.3) is 0 Å². The van der Waals surface area contributed by atoms with Crippen LogP contribution in [0, 0.1) is 0 Å². The fourth-order valence-corrected chi connectivity index (χ4v) is 1.31. The average molecular weight is 284 g/mol. The Morgan fingerprint density at radius 2 is 1.87 bits per heavy atom. The number of rotatable bonds is 2. The van der Waals surface area contributed by atoms with Crippen LogP contribution in [-0.4, -0.2) is 11.3 Å². The first-order valence-electron chi connectivity index (χ1n) is 4.10. The maximum absolute atomic E-state index is 12.1. The maximum atomic E-state index is 12.1. The van der Waals surface area contributed by atoms with Gasteiger partial charge in [0, 0.05) is 11.8 Å². The molecular formula is C9H9BrF3NO. The van der Waals surface area contributed by atoms with Crippen LogP contribution in [0.4, 0.5) is 13.2 Å². The number of nitrogens with zero attached hydrogens (tertiary/aromatic N) is 1. The van der Waals surface area contributed by atoms with Crippen molar-refractivity contribution in [2.24, 2.45) is 0 Å². The fraction of sp³-hybridized carbons (Fsp3) is 0.444. The molecule has 0 N–H and O–H groups in total. The quantitative estimate of drug-likeness (QED) is 0.774. The van der Waals surface area contributed by atoms with Gasteiger partial charge in [0.05, 0.1) is 5.60 Å². The monoisotopic (exact) mass is 283 g/mol. The first kappa shape index (κ1) is 12.4. The van der Waals surface area contributed by atoms with Crippen LogP contribution in [0.2, 0.25) is 0 Å². The number of hydrogen-bond acceptors (Lipinski definition) is 2. The van der Waals surface area contributed by atoms with Crippen molar-refractivity contribution in [2.45, 2.75) is 25.8 Å². The smallest absolute Gasteiger partial charge is 0.281 e. The summed E-state index contributed by atoms with van der Waals surface area (Å²) in [6.07, 6.45) is -3.31. The summed E-state index contributed by atoms with van der Waals surface area (Å²) in [6, 6.07) is 3.10. The lowest BCUT2D eigenvalue weighted by molar-refractivity contribution is -0.364. The van der Waals surface area contributed by atoms with Gasteiger partial charge in [-0.25, -0.2) is 4.98 Å². The molecule has 15 heavy (non-hydrogen) atoms. The van der Waals surface area contributed by atoms with Gasteiger partial charge in [-0.15, -0.1) is 13.2 Å². The second-order valence-electron chi connectivity index (χ2n) is 3.43. The van der Waals surface area contributed by atoms with Crippen molar-refractivity contribution >= 4 is 15.9 Å². The molecule has 0 amide bonds. The van der Waals surface area contributed by atoms with Crippen molar-refractivity contribution in [3.05, 3.63) is 28.5 Å². The van der Waals surface area contributed by atoms with Crippen LogP contribution < -0.4 is 0 Å². The summed E-state index contributed by atoms with van der Waals surface area (Å²) < 4.78 is 40.8. The molecule has 1 heterocycles. The zero-order chi connectivity index (χ0) is 11.7. The van der Waals surface area contributed by atoms with E-state index in [1.54, 1.807) is 6.07 Å². The van der Waals surface area contributed by atoms with Gasteiger partial charge in [-0.3, -0.25) is 4.74 Å². The van der Waals surface area contributed by atoms with E-state index >= 15 is 0 Å². The predicted octanol–water partition coefficient (Wildman–Crippen LogP) is 3.62. The largest absolute Gasteiger partial charge is 0.523 e. The molecule has 6 heteroatoms. The molecule has 0 unspecified atom stereocenters. The molecule has 0 radical (unpaired) electrons. The second-order valence-corrected chi connectivity index (χ2v) is 4.24. The van der Waals surface area contributed by atoms with Gasteiger partial charge in [-0.1, -0.05) is 6.07 Å². The van der Waals surface area contributed by atoms with Crippen LogP contribution in [0.1, 0.15) is 19.4 Å². The molecule has 0 aliphatic heterocycles. The number of halogens is 4. The van der Waals surface area contributed by atoms with E-state index < -0.39 is 12.0 Å². The Morgan fingerprint density at radius 1 is 1.27 bits per heavy atom. The Kier molecular flexibility index (Phi) is 3.40. The summed E-state index contributed by atoms with van der Waals surface area (Å²) >= 11 is 3.10. The molecule has 1 aromatic rings. The number of aromatic nitrogens is 1. The number of ether oxygens (including phenoxy) is 1. The van der Waals surface area contributed by atoms with Crippen LogP contribution in [0.5, 0.6) is 0 Å². The Balaban J connectivity index is 2.90. The van der Waals surface area contributed by atoms with Crippen molar-refractivity contribution in [1.82, 2.24) is 4.98 Å². The zero-order valence-corrected chi connectivity index (χ0v) is 9.69. The maximum Gasteiger partial charge on any atom is 0.523 e. The minimum absolute atomic E-state index is 0.364. The van der Waals surface area contributed by atoms with E-state index in [0.29, 0.717) is 10.2 Å². The van der Waals surface area contributed by atoms with E-state index in [0.717, 1.165) is 0 Å². The van der Waals surface area contributed by atoms with Gasteiger partial charge in [-0.2, -0.15) is 0 Å². The first-order valence-corrected chi connectivity index (χ1v) is 4.89. The Labute approximate surface area is 93.6 Å². The summed E-state index contributed by atoms with van der Waals surface area (Å²) in [6.45, 7) is 2.68. The molecule has 1 aromatic heterocycles. The second kappa shape index (κ2) is 4.09. The zero-order valence-electron chi connectivity index (χ0n) is 8.10. The molecule has 2 nitrogen and oxygen atoms in total. The van der Waals surface area contributed by atoms with E-state index in [1.165, 1.54) is 26.1 Å². The van der Waals surface area contributed by atoms with Crippen molar-refractivity contribution < 1.29 is 17.9 Å². The highest BCUT2D eigenvalue weighted by atomic mass is 79.9. The van der Waals surface area contributed by atoms with E-state index in [4.69, 9.17) is 0 Å². The van der Waals surface area contributed by atoms with Crippen LogP contribution in [0.3, 0.4) is 0 Å². The first-order chi connectivity index (χ1) is 6.71. The van der Waals surface area contributed by atoms with Crippen molar-refractivity contribution in [3.63, 3.8) is 0 Å². The minimum Gasteiger partial charge on any atom is -0.281 e. The van der Waals surface area contributed by atoms with Gasteiger partial charge in [0.25, 0.3) is 0 Å². The number of pyridine rings is 1. The van der Waals surface area contributed by atoms with E-state index in [-0.39, 0.29) is 0 Å². The van der Waals surface area contributed by atoms with Crippen LogP contribution >= 0.6 is 15.9 Å². The number of alkyl halides is 3. The van der Waals surface area contributed by atoms with E-state index in [9.17, 15) is 13.2 Å². The SMILES string of the molecule is CC(C)(OC(F)(F)F)c1ccc(Br)nc1. The average Bonchev–Trinajstić information content (AvgIpc) is 2.00. The molecule has 0 aliphatic carbocycles. The third-order valence-corrected chi connectivity index (χ3v) is 2.26. The lowest BCUT2D eigenvalue weighted by Gasteiger charge is -2.26. The molecular weight excluding hydrogens is 275 g/mol. The van der Waals surface area contributed by atoms with E-state index in [1.807, 2.05) is 0 Å². The molecule has 84 valence electrons. The Hall–Kier alpha value is -0.620. The van der Waals surface area contributed by atoms with Crippen LogP contribution in [0.15, 0.2) is 22.9 Å². The molecule has 0 spiro atoms. The lowest BCUT2D eigenvalue weighted by atomic mass is 10.0. The lowest BCUT2D eigenvalue weighted by Crippen LogP contribution is -2.30. The highest BCUT2D eigenvalue weighted by Gasteiger charge is 2.38. The van der Waals surface area contributed by atoms with Crippen molar-refractivity contribution in [2.75, 3.05) is 0 Å². The Morgan fingerprint density at radius 3 is 2.27 bits per heavy atom. The summed E-state index contributed by atoms with van der Waals surface area (Å²) in [5.74, 6) is 0. The third-order valence-electron chi connectivity index (χ3n) is 1.79. The Bertz CT molecular complexity index is 334. The fourth-order valence-electron chi connectivity index (χ4n) is 1.08. The minimum atomic E-state index is -4.66. The van der Waals surface area contributed by atoms with Gasteiger partial charge in [0.15, 0.2) is 0 Å². The standard InChI is InChI=1S/C9H9BrF3NO/c1-8(2,15-9(11,12)13)6-3-4-7(10)14-5-6/h3-5H,1-2H3. The topological polar surface area (TPSA) is 22.1 Å². The predicted molar refractivity (Wildman–Crippen MR) is 52.1 cm³/mol. The number of hydrogen-bond donors (Lipinski definition) is 0. The van der Waals surface area contributed by atoms with Gasteiger partial charge in [-0.05, 0) is 35.8 Å². The van der Waals surface area contributed by atoms with Gasteiger partial charge >= 0.3 is 6.36 Å². The molecule has 0 atom stereocenters. The van der Waals surface area contributed by atoms with Gasteiger partial charge in [0.2, 0.25) is 0 Å². The molecule has 0 bridgehead atoms. The molecule has 0 saturated carbocycles. The molecule has 1 rings (SSSR count). The highest BCUT2D eigenvalue weighted by molar-refractivity contribution is 9.10. The molecule has 0 aliphatic rings. The highest BCUT2D eigenvalue weighted by Crippen LogP contribution is 2.32. The molecule has 0 saturated heterocycles. The molecule has 0 aromatic carbocycles. The molecule has 0 fully saturated rings. The summed E-state index contributed by atoms with van der Waals surface area (Å²) in [7, 11) is 0. The normalized spacial score (nSPS) is 12.9. The summed E-state index contributed by atoms with van der Waals surface area (Å²) in [4.78, 5) is 3.84. The van der Waals surface area contributed by atoms with E-state index in [2.05, 4.69) is 25.7 Å². The van der Waals surface area contributed by atoms with Crippen LogP contribution in [-0.2, 0) is 10.3 Å². The van der Waals surface area contributed by atoms with Crippen molar-refractivity contribution in [1.29, 1.82) is 0 Å². The van der Waals surface area contributed by atoms with Crippen molar-refractivity contribution in [3.8, 4) is 0 Å². The summed E-state index contributed by atoms with van der Waals surface area (Å²) in [5.41, 5.74) is -1.07. The third kappa shape index (κ3) is 3.79.